The number of aromatic nitrogens is 2. The van der Waals surface area contributed by atoms with Crippen molar-refractivity contribution in [1.82, 2.24) is 9.55 Å². The summed E-state index contributed by atoms with van der Waals surface area (Å²) in [6, 6.07) is 71.8. The highest BCUT2D eigenvalue weighted by molar-refractivity contribution is 6.11. The van der Waals surface area contributed by atoms with Gasteiger partial charge in [-0.05, 0) is 112 Å². The Morgan fingerprint density at radius 2 is 1.08 bits per heavy atom. The van der Waals surface area contributed by atoms with Gasteiger partial charge in [0.15, 0.2) is 0 Å². The van der Waals surface area contributed by atoms with Crippen LogP contribution in [0.3, 0.4) is 0 Å². The van der Waals surface area contributed by atoms with Crippen LogP contribution in [-0.4, -0.2) is 9.55 Å². The number of anilines is 3. The molecule has 0 bridgehead atoms. The van der Waals surface area contributed by atoms with Crippen LogP contribution in [0, 0.1) is 0 Å². The topological polar surface area (TPSA) is 34.2 Å². The van der Waals surface area contributed by atoms with Gasteiger partial charge in [-0.3, -0.25) is 4.57 Å². The van der Waals surface area contributed by atoms with Crippen LogP contribution in [0.15, 0.2) is 211 Å². The van der Waals surface area contributed by atoms with E-state index in [1.807, 2.05) is 18.3 Å². The molecule has 0 aliphatic heterocycles. The molecule has 0 spiro atoms. The molecule has 292 valence electrons. The number of pyridine rings is 1. The average molecular weight is 786 g/mol. The molecule has 3 aromatic heterocycles. The molecule has 61 heavy (non-hydrogen) atoms. The Hall–Kier alpha value is -7.69. The Kier molecular flexibility index (Phi) is 8.68. The van der Waals surface area contributed by atoms with E-state index in [1.54, 1.807) is 0 Å². The van der Waals surface area contributed by atoms with Crippen LogP contribution >= 0.6 is 0 Å². The second-order valence-corrected chi connectivity index (χ2v) is 16.8. The van der Waals surface area contributed by atoms with E-state index in [2.05, 4.69) is 218 Å². The fraction of sp³-hybridized carbons (Fsp3) is 0.0702. The van der Waals surface area contributed by atoms with Crippen molar-refractivity contribution in [2.24, 2.45) is 0 Å². The zero-order valence-electron chi connectivity index (χ0n) is 34.4. The molecule has 11 aromatic rings. The summed E-state index contributed by atoms with van der Waals surface area (Å²) in [6.45, 7) is 6.79. The number of hydrogen-bond acceptors (Lipinski definition) is 3. The van der Waals surface area contributed by atoms with E-state index in [4.69, 9.17) is 9.40 Å². The van der Waals surface area contributed by atoms with Crippen LogP contribution in [0.5, 0.6) is 0 Å². The molecule has 3 heterocycles. The molecular formula is C57H43N3O. The second-order valence-electron chi connectivity index (χ2n) is 16.8. The molecule has 0 aliphatic carbocycles. The quantitative estimate of drug-likeness (QED) is 0.161. The summed E-state index contributed by atoms with van der Waals surface area (Å²) in [7, 11) is 0. The van der Waals surface area contributed by atoms with Crippen LogP contribution < -0.4 is 4.90 Å². The highest BCUT2D eigenvalue weighted by Gasteiger charge is 2.21. The first-order valence-electron chi connectivity index (χ1n) is 20.9. The predicted octanol–water partition coefficient (Wildman–Crippen LogP) is 15.8. The number of nitrogens with zero attached hydrogens (tertiary/aromatic N) is 3. The summed E-state index contributed by atoms with van der Waals surface area (Å²) in [6.07, 6.45) is 1.87. The first-order chi connectivity index (χ1) is 29.9. The molecular weight excluding hydrogens is 743 g/mol. The van der Waals surface area contributed by atoms with Crippen molar-refractivity contribution in [2.45, 2.75) is 26.2 Å². The van der Waals surface area contributed by atoms with Gasteiger partial charge in [0, 0.05) is 56.1 Å². The first-order valence-corrected chi connectivity index (χ1v) is 20.9. The van der Waals surface area contributed by atoms with Crippen molar-refractivity contribution >= 4 is 60.9 Å². The molecule has 0 radical (unpaired) electrons. The van der Waals surface area contributed by atoms with Crippen molar-refractivity contribution in [3.05, 3.63) is 212 Å². The number of rotatable bonds is 7. The lowest BCUT2D eigenvalue weighted by molar-refractivity contribution is 0.590. The van der Waals surface area contributed by atoms with Gasteiger partial charge < -0.3 is 9.32 Å². The van der Waals surface area contributed by atoms with Gasteiger partial charge >= 0.3 is 0 Å². The van der Waals surface area contributed by atoms with Crippen molar-refractivity contribution in [2.75, 3.05) is 4.90 Å². The van der Waals surface area contributed by atoms with E-state index in [1.165, 1.54) is 22.1 Å². The Morgan fingerprint density at radius 1 is 0.459 bits per heavy atom. The van der Waals surface area contributed by atoms with E-state index in [-0.39, 0.29) is 5.41 Å². The standard InChI is InChI=1S/C57H43N3O/c1-57(2,3)41-26-22-40(23-27-41)52-37-45(34-35-46(52)49-17-11-18-50-48-16-8-10-21-54(48)61-55(49)50)59(42-28-24-39(25-29-42)38-13-5-4-6-14-38)43-30-32-44(33-31-43)60-53-20-9-7-15-47(53)51-19-12-36-58-56(51)60/h4-37H,1-3H3. The molecule has 0 fully saturated rings. The van der Waals surface area contributed by atoms with E-state index in [0.717, 1.165) is 83.5 Å². The van der Waals surface area contributed by atoms with Crippen molar-refractivity contribution < 1.29 is 4.42 Å². The molecule has 0 unspecified atom stereocenters. The molecule has 0 N–H and O–H groups in total. The van der Waals surface area contributed by atoms with Gasteiger partial charge in [0.2, 0.25) is 0 Å². The third-order valence-corrected chi connectivity index (χ3v) is 12.1. The first kappa shape index (κ1) is 36.4. The van der Waals surface area contributed by atoms with E-state index < -0.39 is 0 Å². The molecule has 0 amide bonds. The van der Waals surface area contributed by atoms with Crippen LogP contribution in [0.2, 0.25) is 0 Å². The maximum Gasteiger partial charge on any atom is 0.145 e. The van der Waals surface area contributed by atoms with Crippen molar-refractivity contribution in [1.29, 1.82) is 0 Å². The summed E-state index contributed by atoms with van der Waals surface area (Å²) >= 11 is 0. The van der Waals surface area contributed by atoms with Gasteiger partial charge in [0.05, 0.1) is 5.52 Å². The predicted molar refractivity (Wildman–Crippen MR) is 256 cm³/mol. The fourth-order valence-electron chi connectivity index (χ4n) is 8.94. The third kappa shape index (κ3) is 6.36. The average Bonchev–Trinajstić information content (AvgIpc) is 3.86. The SMILES string of the molecule is CC(C)(C)c1ccc(-c2cc(N(c3ccc(-c4ccccc4)cc3)c3ccc(-n4c5ccccc5c5cccnc54)cc3)ccc2-c2cccc3c2oc2ccccc23)cc1. The maximum atomic E-state index is 6.64. The molecule has 0 saturated heterocycles. The number of fused-ring (bicyclic) bond motifs is 6. The zero-order chi connectivity index (χ0) is 41.1. The number of benzene rings is 8. The van der Waals surface area contributed by atoms with Crippen LogP contribution in [0.25, 0.3) is 82.9 Å². The van der Waals surface area contributed by atoms with Gasteiger partial charge in [-0.25, -0.2) is 4.98 Å². The maximum absolute atomic E-state index is 6.64. The monoisotopic (exact) mass is 785 g/mol. The summed E-state index contributed by atoms with van der Waals surface area (Å²) in [5.41, 5.74) is 16.2. The number of furan rings is 1. The molecule has 0 saturated carbocycles. The summed E-state index contributed by atoms with van der Waals surface area (Å²) in [5, 5.41) is 4.57. The Morgan fingerprint density at radius 3 is 1.85 bits per heavy atom. The Bertz CT molecular complexity index is 3320. The highest BCUT2D eigenvalue weighted by atomic mass is 16.3. The minimum Gasteiger partial charge on any atom is -0.455 e. The third-order valence-electron chi connectivity index (χ3n) is 12.1. The smallest absolute Gasteiger partial charge is 0.145 e. The normalized spacial score (nSPS) is 11.9. The lowest BCUT2D eigenvalue weighted by Crippen LogP contribution is -2.11. The van der Waals surface area contributed by atoms with Gasteiger partial charge in [0.25, 0.3) is 0 Å². The van der Waals surface area contributed by atoms with Crippen LogP contribution in [0.1, 0.15) is 26.3 Å². The summed E-state index contributed by atoms with van der Waals surface area (Å²) in [5.74, 6) is 0. The molecule has 11 rings (SSSR count). The molecule has 0 aliphatic rings. The van der Waals surface area contributed by atoms with Gasteiger partial charge in [-0.1, -0.05) is 148 Å². The van der Waals surface area contributed by atoms with Gasteiger partial charge in [-0.2, -0.15) is 0 Å². The summed E-state index contributed by atoms with van der Waals surface area (Å²) in [4.78, 5) is 7.21. The lowest BCUT2D eigenvalue weighted by Gasteiger charge is -2.27. The molecule has 4 nitrogen and oxygen atoms in total. The Labute approximate surface area is 355 Å². The van der Waals surface area contributed by atoms with Crippen LogP contribution in [0.4, 0.5) is 17.1 Å². The lowest BCUT2D eigenvalue weighted by atomic mass is 9.85. The zero-order valence-corrected chi connectivity index (χ0v) is 34.4. The van der Waals surface area contributed by atoms with Gasteiger partial charge in [0.1, 0.15) is 16.8 Å². The minimum absolute atomic E-state index is 0.0350. The van der Waals surface area contributed by atoms with E-state index >= 15 is 0 Å². The van der Waals surface area contributed by atoms with Crippen LogP contribution in [-0.2, 0) is 5.41 Å². The highest BCUT2D eigenvalue weighted by Crippen LogP contribution is 2.45. The largest absolute Gasteiger partial charge is 0.455 e. The molecule has 8 aromatic carbocycles. The summed E-state index contributed by atoms with van der Waals surface area (Å²) < 4.78 is 8.90. The van der Waals surface area contributed by atoms with Crippen molar-refractivity contribution in [3.8, 4) is 39.1 Å². The van der Waals surface area contributed by atoms with Crippen molar-refractivity contribution in [3.63, 3.8) is 0 Å². The number of para-hydroxylation sites is 3. The second kappa shape index (κ2) is 14.5. The van der Waals surface area contributed by atoms with Gasteiger partial charge in [-0.15, -0.1) is 0 Å². The van der Waals surface area contributed by atoms with E-state index in [0.29, 0.717) is 0 Å². The minimum atomic E-state index is 0.0350. The molecule has 0 atom stereocenters. The van der Waals surface area contributed by atoms with E-state index in [9.17, 15) is 0 Å². The fourth-order valence-corrected chi connectivity index (χ4v) is 8.94. The molecule has 4 heteroatoms. The Balaban J connectivity index is 1.10. The number of hydrogen-bond donors (Lipinski definition) is 0.